The van der Waals surface area contributed by atoms with Crippen LogP contribution in [0.4, 0.5) is 8.78 Å². The Morgan fingerprint density at radius 1 is 1.28 bits per heavy atom. The highest BCUT2D eigenvalue weighted by Crippen LogP contribution is 2.17. The van der Waals surface area contributed by atoms with Crippen molar-refractivity contribution in [3.8, 4) is 0 Å². The summed E-state index contributed by atoms with van der Waals surface area (Å²) in [7, 11) is 0. The van der Waals surface area contributed by atoms with Crippen LogP contribution in [0, 0.1) is 11.6 Å². The lowest BCUT2D eigenvalue weighted by Crippen LogP contribution is -2.31. The second-order valence-corrected chi connectivity index (χ2v) is 4.89. The molecule has 1 aromatic rings. The Bertz CT molecular complexity index is 389. The van der Waals surface area contributed by atoms with E-state index in [2.05, 4.69) is 10.2 Å². The average Bonchev–Trinajstić information content (AvgIpc) is 2.81. The van der Waals surface area contributed by atoms with Gasteiger partial charge in [-0.15, -0.1) is 0 Å². The SMILES string of the molecule is CC(NCCN1CCCC1)c1ccc(F)cc1F. The minimum atomic E-state index is -0.527. The van der Waals surface area contributed by atoms with E-state index in [1.165, 1.54) is 38.1 Å². The molecule has 0 amide bonds. The lowest BCUT2D eigenvalue weighted by atomic mass is 10.1. The molecular formula is C14H20F2N2. The number of nitrogens with one attached hydrogen (secondary N) is 1. The Balaban J connectivity index is 1.81. The largest absolute Gasteiger partial charge is 0.309 e. The van der Waals surface area contributed by atoms with E-state index in [4.69, 9.17) is 0 Å². The topological polar surface area (TPSA) is 15.3 Å². The first-order chi connectivity index (χ1) is 8.66. The fourth-order valence-corrected chi connectivity index (χ4v) is 2.41. The van der Waals surface area contributed by atoms with Gasteiger partial charge in [-0.25, -0.2) is 8.78 Å². The molecule has 1 aromatic carbocycles. The molecule has 1 atom stereocenters. The fourth-order valence-electron chi connectivity index (χ4n) is 2.41. The maximum Gasteiger partial charge on any atom is 0.130 e. The number of nitrogens with zero attached hydrogens (tertiary/aromatic N) is 1. The highest BCUT2D eigenvalue weighted by atomic mass is 19.1. The molecule has 1 fully saturated rings. The summed E-state index contributed by atoms with van der Waals surface area (Å²) in [6, 6.07) is 3.66. The molecule has 1 heterocycles. The van der Waals surface area contributed by atoms with Crippen molar-refractivity contribution in [1.29, 1.82) is 0 Å². The van der Waals surface area contributed by atoms with E-state index < -0.39 is 11.6 Å². The van der Waals surface area contributed by atoms with Gasteiger partial charge >= 0.3 is 0 Å². The molecule has 1 unspecified atom stereocenters. The van der Waals surface area contributed by atoms with E-state index in [9.17, 15) is 8.78 Å². The lowest BCUT2D eigenvalue weighted by molar-refractivity contribution is 0.329. The molecule has 1 saturated heterocycles. The second-order valence-electron chi connectivity index (χ2n) is 4.89. The smallest absolute Gasteiger partial charge is 0.130 e. The molecular weight excluding hydrogens is 234 g/mol. The van der Waals surface area contributed by atoms with Gasteiger partial charge in [0.25, 0.3) is 0 Å². The molecule has 0 saturated carbocycles. The summed E-state index contributed by atoms with van der Waals surface area (Å²) < 4.78 is 26.3. The zero-order chi connectivity index (χ0) is 13.0. The van der Waals surface area contributed by atoms with Gasteiger partial charge in [-0.1, -0.05) is 6.07 Å². The van der Waals surface area contributed by atoms with Gasteiger partial charge in [0.2, 0.25) is 0 Å². The summed E-state index contributed by atoms with van der Waals surface area (Å²) in [6.45, 7) is 6.06. The first-order valence-corrected chi connectivity index (χ1v) is 6.57. The Labute approximate surface area is 107 Å². The molecule has 1 aliphatic heterocycles. The van der Waals surface area contributed by atoms with Gasteiger partial charge in [0, 0.05) is 30.8 Å². The van der Waals surface area contributed by atoms with Crippen LogP contribution >= 0.6 is 0 Å². The standard InChI is InChI=1S/C14H20F2N2/c1-11(13-5-4-12(15)10-14(13)16)17-6-9-18-7-2-3-8-18/h4-5,10-11,17H,2-3,6-9H2,1H3. The van der Waals surface area contributed by atoms with E-state index in [1.807, 2.05) is 6.92 Å². The third kappa shape index (κ3) is 3.50. The Hall–Kier alpha value is -1.00. The van der Waals surface area contributed by atoms with Gasteiger partial charge < -0.3 is 10.2 Å². The molecule has 100 valence electrons. The quantitative estimate of drug-likeness (QED) is 0.869. The molecule has 0 aromatic heterocycles. The van der Waals surface area contributed by atoms with Gasteiger partial charge in [-0.3, -0.25) is 0 Å². The monoisotopic (exact) mass is 254 g/mol. The van der Waals surface area contributed by atoms with Crippen LogP contribution in [0.2, 0.25) is 0 Å². The normalized spacial score (nSPS) is 18.2. The minimum Gasteiger partial charge on any atom is -0.309 e. The molecule has 18 heavy (non-hydrogen) atoms. The average molecular weight is 254 g/mol. The number of likely N-dealkylation sites (tertiary alicyclic amines) is 1. The zero-order valence-electron chi connectivity index (χ0n) is 10.8. The van der Waals surface area contributed by atoms with Crippen molar-refractivity contribution in [3.63, 3.8) is 0 Å². The third-order valence-corrected chi connectivity index (χ3v) is 3.51. The van der Waals surface area contributed by atoms with Crippen LogP contribution in [0.15, 0.2) is 18.2 Å². The Morgan fingerprint density at radius 3 is 2.67 bits per heavy atom. The van der Waals surface area contributed by atoms with E-state index >= 15 is 0 Å². The van der Waals surface area contributed by atoms with Gasteiger partial charge in [0.1, 0.15) is 11.6 Å². The molecule has 1 aliphatic rings. The van der Waals surface area contributed by atoms with E-state index in [-0.39, 0.29) is 6.04 Å². The van der Waals surface area contributed by atoms with Crippen LogP contribution in [0.25, 0.3) is 0 Å². The van der Waals surface area contributed by atoms with E-state index in [1.54, 1.807) is 0 Å². The van der Waals surface area contributed by atoms with Crippen LogP contribution in [0.5, 0.6) is 0 Å². The maximum atomic E-state index is 13.5. The highest BCUT2D eigenvalue weighted by Gasteiger charge is 2.13. The minimum absolute atomic E-state index is 0.0896. The number of hydrogen-bond acceptors (Lipinski definition) is 2. The third-order valence-electron chi connectivity index (χ3n) is 3.51. The lowest BCUT2D eigenvalue weighted by Gasteiger charge is -2.19. The van der Waals surface area contributed by atoms with Crippen LogP contribution in [0.1, 0.15) is 31.4 Å². The van der Waals surface area contributed by atoms with Crippen molar-refractivity contribution >= 4 is 0 Å². The first-order valence-electron chi connectivity index (χ1n) is 6.57. The van der Waals surface area contributed by atoms with Gasteiger partial charge in [0.05, 0.1) is 0 Å². The van der Waals surface area contributed by atoms with E-state index in [0.29, 0.717) is 5.56 Å². The van der Waals surface area contributed by atoms with Crippen molar-refractivity contribution in [3.05, 3.63) is 35.4 Å². The molecule has 1 N–H and O–H groups in total. The summed E-state index contributed by atoms with van der Waals surface area (Å²) >= 11 is 0. The Morgan fingerprint density at radius 2 is 2.00 bits per heavy atom. The van der Waals surface area contributed by atoms with Gasteiger partial charge in [0.15, 0.2) is 0 Å². The number of halogens is 2. The summed E-state index contributed by atoms with van der Waals surface area (Å²) in [4.78, 5) is 2.40. The van der Waals surface area contributed by atoms with Crippen molar-refractivity contribution in [1.82, 2.24) is 10.2 Å². The van der Waals surface area contributed by atoms with Crippen molar-refractivity contribution < 1.29 is 8.78 Å². The van der Waals surface area contributed by atoms with Crippen LogP contribution in [-0.2, 0) is 0 Å². The predicted molar refractivity (Wildman–Crippen MR) is 68.4 cm³/mol. The van der Waals surface area contributed by atoms with Gasteiger partial charge in [-0.2, -0.15) is 0 Å². The van der Waals surface area contributed by atoms with Crippen LogP contribution < -0.4 is 5.32 Å². The zero-order valence-corrected chi connectivity index (χ0v) is 10.8. The molecule has 0 bridgehead atoms. The highest BCUT2D eigenvalue weighted by molar-refractivity contribution is 5.21. The summed E-state index contributed by atoms with van der Waals surface area (Å²) in [5.41, 5.74) is 0.526. The second kappa shape index (κ2) is 6.25. The first kappa shape index (κ1) is 13.4. The molecule has 4 heteroatoms. The molecule has 0 aliphatic carbocycles. The summed E-state index contributed by atoms with van der Waals surface area (Å²) in [5.74, 6) is -1.00. The number of rotatable bonds is 5. The Kier molecular flexibility index (Phi) is 4.66. The van der Waals surface area contributed by atoms with Gasteiger partial charge in [-0.05, 0) is 38.9 Å². The number of hydrogen-bond donors (Lipinski definition) is 1. The molecule has 2 rings (SSSR count). The summed E-state index contributed by atoms with van der Waals surface area (Å²) in [6.07, 6.45) is 2.56. The maximum absolute atomic E-state index is 13.5. The van der Waals surface area contributed by atoms with Crippen molar-refractivity contribution in [2.45, 2.75) is 25.8 Å². The summed E-state index contributed by atoms with van der Waals surface area (Å²) in [5, 5.41) is 3.28. The van der Waals surface area contributed by atoms with Crippen molar-refractivity contribution in [2.75, 3.05) is 26.2 Å². The molecule has 0 radical (unpaired) electrons. The van der Waals surface area contributed by atoms with Crippen LogP contribution in [0.3, 0.4) is 0 Å². The van der Waals surface area contributed by atoms with E-state index in [0.717, 1.165) is 19.2 Å². The number of benzene rings is 1. The predicted octanol–water partition coefficient (Wildman–Crippen LogP) is 2.71. The molecule has 2 nitrogen and oxygen atoms in total. The van der Waals surface area contributed by atoms with Crippen molar-refractivity contribution in [2.24, 2.45) is 0 Å². The molecule has 0 spiro atoms. The fraction of sp³-hybridized carbons (Fsp3) is 0.571. The van der Waals surface area contributed by atoms with Crippen LogP contribution in [-0.4, -0.2) is 31.1 Å².